The first-order valence-corrected chi connectivity index (χ1v) is 6.21. The number of benzene rings is 1. The molecule has 16 heavy (non-hydrogen) atoms. The van der Waals surface area contributed by atoms with Gasteiger partial charge in [-0.25, -0.2) is 0 Å². The lowest BCUT2D eigenvalue weighted by Crippen LogP contribution is -2.18. The number of hydrogen-bond donors (Lipinski definition) is 1. The normalized spacial score (nSPS) is 10.4. The lowest BCUT2D eigenvalue weighted by molar-refractivity contribution is 0.411. The predicted octanol–water partition coefficient (Wildman–Crippen LogP) is 2.76. The summed E-state index contributed by atoms with van der Waals surface area (Å²) in [7, 11) is 1.70. The summed E-state index contributed by atoms with van der Waals surface area (Å²) >= 11 is 5.60. The van der Waals surface area contributed by atoms with Gasteiger partial charge < -0.3 is 10.1 Å². The molecule has 3 heteroatoms. The summed E-state index contributed by atoms with van der Waals surface area (Å²) in [5.74, 6) is 1.69. The summed E-state index contributed by atoms with van der Waals surface area (Å²) in [4.78, 5) is 0. The number of ether oxygens (including phenoxy) is 1. The SMILES string of the molecule is COc1ccc(CCNCCCCl)cc1C. The van der Waals surface area contributed by atoms with Gasteiger partial charge in [0.05, 0.1) is 7.11 Å². The standard InChI is InChI=1S/C13H20ClNO/c1-11-10-12(4-5-13(11)16-2)6-9-15-8-3-7-14/h4-5,10,15H,3,6-9H2,1-2H3. The van der Waals surface area contributed by atoms with E-state index in [4.69, 9.17) is 16.3 Å². The fourth-order valence-electron chi connectivity index (χ4n) is 1.65. The van der Waals surface area contributed by atoms with Gasteiger partial charge in [-0.15, -0.1) is 11.6 Å². The molecule has 2 nitrogen and oxygen atoms in total. The van der Waals surface area contributed by atoms with Crippen molar-refractivity contribution >= 4 is 11.6 Å². The molecule has 1 aromatic rings. The Bertz CT molecular complexity index is 315. The average Bonchev–Trinajstić information content (AvgIpc) is 2.29. The van der Waals surface area contributed by atoms with Crippen LogP contribution in [-0.2, 0) is 6.42 Å². The van der Waals surface area contributed by atoms with E-state index in [0.717, 1.165) is 37.6 Å². The number of halogens is 1. The molecule has 1 aromatic carbocycles. The minimum absolute atomic E-state index is 0.731. The maximum absolute atomic E-state index is 5.60. The Hall–Kier alpha value is -0.730. The second kappa shape index (κ2) is 7.53. The molecule has 0 spiro atoms. The van der Waals surface area contributed by atoms with E-state index in [2.05, 4.69) is 24.4 Å². The van der Waals surface area contributed by atoms with Gasteiger partial charge in [-0.05, 0) is 50.0 Å². The first kappa shape index (κ1) is 13.3. The zero-order chi connectivity index (χ0) is 11.8. The molecule has 0 saturated heterocycles. The van der Waals surface area contributed by atoms with E-state index in [1.807, 2.05) is 6.07 Å². The molecule has 90 valence electrons. The molecule has 0 aliphatic rings. The fraction of sp³-hybridized carbons (Fsp3) is 0.538. The van der Waals surface area contributed by atoms with E-state index in [1.165, 1.54) is 11.1 Å². The molecule has 0 atom stereocenters. The lowest BCUT2D eigenvalue weighted by atomic mass is 10.1. The number of rotatable bonds is 7. The van der Waals surface area contributed by atoms with Crippen LogP contribution in [0.25, 0.3) is 0 Å². The Morgan fingerprint density at radius 1 is 1.31 bits per heavy atom. The summed E-state index contributed by atoms with van der Waals surface area (Å²) in [6, 6.07) is 6.33. The predicted molar refractivity (Wildman–Crippen MR) is 69.6 cm³/mol. The van der Waals surface area contributed by atoms with Gasteiger partial charge in [0.2, 0.25) is 0 Å². The summed E-state index contributed by atoms with van der Waals surface area (Å²) < 4.78 is 5.23. The third-order valence-electron chi connectivity index (χ3n) is 2.54. The van der Waals surface area contributed by atoms with Crippen LogP contribution in [0.3, 0.4) is 0 Å². The van der Waals surface area contributed by atoms with E-state index in [9.17, 15) is 0 Å². The second-order valence-electron chi connectivity index (χ2n) is 3.85. The molecule has 0 fully saturated rings. The second-order valence-corrected chi connectivity index (χ2v) is 4.22. The molecule has 0 bridgehead atoms. The molecule has 0 saturated carbocycles. The van der Waals surface area contributed by atoms with Crippen molar-refractivity contribution in [3.8, 4) is 5.75 Å². The molecular weight excluding hydrogens is 222 g/mol. The van der Waals surface area contributed by atoms with Gasteiger partial charge in [0.25, 0.3) is 0 Å². The van der Waals surface area contributed by atoms with E-state index in [0.29, 0.717) is 0 Å². The molecule has 0 amide bonds. The van der Waals surface area contributed by atoms with Crippen LogP contribution in [0, 0.1) is 6.92 Å². The molecular formula is C13H20ClNO. The summed E-state index contributed by atoms with van der Waals surface area (Å²) in [6.45, 7) is 4.07. The Labute approximate surface area is 103 Å². The monoisotopic (exact) mass is 241 g/mol. The molecule has 1 N–H and O–H groups in total. The van der Waals surface area contributed by atoms with Crippen molar-refractivity contribution in [2.45, 2.75) is 19.8 Å². The molecule has 0 radical (unpaired) electrons. The highest BCUT2D eigenvalue weighted by atomic mass is 35.5. The number of aryl methyl sites for hydroxylation is 1. The van der Waals surface area contributed by atoms with Crippen LogP contribution in [0.4, 0.5) is 0 Å². The average molecular weight is 242 g/mol. The van der Waals surface area contributed by atoms with Crippen LogP contribution < -0.4 is 10.1 Å². The Kier molecular flexibility index (Phi) is 6.27. The molecule has 0 unspecified atom stereocenters. The molecule has 1 rings (SSSR count). The van der Waals surface area contributed by atoms with Gasteiger partial charge in [-0.2, -0.15) is 0 Å². The lowest BCUT2D eigenvalue weighted by Gasteiger charge is -2.08. The van der Waals surface area contributed by atoms with Crippen molar-refractivity contribution in [2.75, 3.05) is 26.1 Å². The van der Waals surface area contributed by atoms with Crippen molar-refractivity contribution in [1.29, 1.82) is 0 Å². The van der Waals surface area contributed by atoms with Crippen LogP contribution in [0.2, 0.25) is 0 Å². The van der Waals surface area contributed by atoms with E-state index >= 15 is 0 Å². The van der Waals surface area contributed by atoms with Crippen molar-refractivity contribution < 1.29 is 4.74 Å². The van der Waals surface area contributed by atoms with E-state index < -0.39 is 0 Å². The van der Waals surface area contributed by atoms with E-state index in [1.54, 1.807) is 7.11 Å². The molecule has 0 aromatic heterocycles. The summed E-state index contributed by atoms with van der Waals surface area (Å²) in [5, 5.41) is 3.37. The first-order chi connectivity index (χ1) is 7.77. The topological polar surface area (TPSA) is 21.3 Å². The minimum Gasteiger partial charge on any atom is -0.496 e. The Morgan fingerprint density at radius 2 is 2.12 bits per heavy atom. The highest BCUT2D eigenvalue weighted by Crippen LogP contribution is 2.18. The first-order valence-electron chi connectivity index (χ1n) is 5.68. The number of hydrogen-bond acceptors (Lipinski definition) is 2. The third-order valence-corrected chi connectivity index (χ3v) is 2.80. The number of nitrogens with one attached hydrogen (secondary N) is 1. The van der Waals surface area contributed by atoms with Gasteiger partial charge in [0, 0.05) is 5.88 Å². The zero-order valence-corrected chi connectivity index (χ0v) is 10.8. The highest BCUT2D eigenvalue weighted by Gasteiger charge is 1.99. The van der Waals surface area contributed by atoms with Crippen molar-refractivity contribution in [2.24, 2.45) is 0 Å². The van der Waals surface area contributed by atoms with E-state index in [-0.39, 0.29) is 0 Å². The van der Waals surface area contributed by atoms with Crippen LogP contribution >= 0.6 is 11.6 Å². The van der Waals surface area contributed by atoms with Crippen molar-refractivity contribution in [3.63, 3.8) is 0 Å². The maximum atomic E-state index is 5.60. The van der Waals surface area contributed by atoms with Gasteiger partial charge in [-0.3, -0.25) is 0 Å². The maximum Gasteiger partial charge on any atom is 0.121 e. The van der Waals surface area contributed by atoms with Crippen molar-refractivity contribution in [3.05, 3.63) is 29.3 Å². The zero-order valence-electron chi connectivity index (χ0n) is 10.1. The third kappa shape index (κ3) is 4.42. The van der Waals surface area contributed by atoms with Crippen LogP contribution in [0.15, 0.2) is 18.2 Å². The molecule has 0 aliphatic carbocycles. The van der Waals surface area contributed by atoms with Crippen molar-refractivity contribution in [1.82, 2.24) is 5.32 Å². The Balaban J connectivity index is 2.34. The number of methoxy groups -OCH3 is 1. The molecule has 0 heterocycles. The molecule has 0 aliphatic heterocycles. The van der Waals surface area contributed by atoms with Gasteiger partial charge in [0.1, 0.15) is 5.75 Å². The summed E-state index contributed by atoms with van der Waals surface area (Å²) in [6.07, 6.45) is 2.08. The van der Waals surface area contributed by atoms with Crippen LogP contribution in [0.5, 0.6) is 5.75 Å². The van der Waals surface area contributed by atoms with Crippen LogP contribution in [0.1, 0.15) is 17.5 Å². The number of alkyl halides is 1. The largest absolute Gasteiger partial charge is 0.496 e. The van der Waals surface area contributed by atoms with Gasteiger partial charge >= 0.3 is 0 Å². The Morgan fingerprint density at radius 3 is 2.75 bits per heavy atom. The van der Waals surface area contributed by atoms with Gasteiger partial charge in [0.15, 0.2) is 0 Å². The quantitative estimate of drug-likeness (QED) is 0.586. The highest BCUT2D eigenvalue weighted by molar-refractivity contribution is 6.17. The summed E-state index contributed by atoms with van der Waals surface area (Å²) in [5.41, 5.74) is 2.54. The minimum atomic E-state index is 0.731. The van der Waals surface area contributed by atoms with Crippen LogP contribution in [-0.4, -0.2) is 26.1 Å². The smallest absolute Gasteiger partial charge is 0.121 e. The van der Waals surface area contributed by atoms with Gasteiger partial charge in [-0.1, -0.05) is 12.1 Å². The fourth-order valence-corrected chi connectivity index (χ4v) is 1.78.